The van der Waals surface area contributed by atoms with E-state index in [9.17, 15) is 4.79 Å². The maximum absolute atomic E-state index is 12.6. The van der Waals surface area contributed by atoms with E-state index >= 15 is 0 Å². The van der Waals surface area contributed by atoms with E-state index in [1.165, 1.54) is 5.69 Å². The van der Waals surface area contributed by atoms with E-state index in [2.05, 4.69) is 43.0 Å². The van der Waals surface area contributed by atoms with Gasteiger partial charge in [-0.2, -0.15) is 0 Å². The van der Waals surface area contributed by atoms with Gasteiger partial charge in [-0.1, -0.05) is 6.92 Å². The van der Waals surface area contributed by atoms with Gasteiger partial charge in [0.2, 0.25) is 5.91 Å². The van der Waals surface area contributed by atoms with Crippen molar-refractivity contribution in [2.75, 3.05) is 42.6 Å². The maximum Gasteiger partial charge on any atom is 0.230 e. The number of carbonyl (C=O) groups is 1. The Morgan fingerprint density at radius 2 is 1.86 bits per heavy atom. The number of ether oxygens (including phenoxy) is 1. The van der Waals surface area contributed by atoms with Crippen LogP contribution in [0.25, 0.3) is 0 Å². The number of amides is 1. The molecular weight excluding hydrogens is 276 g/mol. The molecule has 0 atom stereocenters. The fourth-order valence-electron chi connectivity index (χ4n) is 3.45. The third-order valence-corrected chi connectivity index (χ3v) is 4.84. The van der Waals surface area contributed by atoms with E-state index in [1.807, 2.05) is 4.90 Å². The molecule has 1 saturated heterocycles. The summed E-state index contributed by atoms with van der Waals surface area (Å²) in [5.41, 5.74) is 2.23. The van der Waals surface area contributed by atoms with Crippen molar-refractivity contribution in [1.82, 2.24) is 0 Å². The van der Waals surface area contributed by atoms with Gasteiger partial charge in [-0.3, -0.25) is 4.79 Å². The molecule has 1 aromatic carbocycles. The van der Waals surface area contributed by atoms with Crippen LogP contribution in [0.15, 0.2) is 24.3 Å². The van der Waals surface area contributed by atoms with Crippen LogP contribution in [-0.4, -0.2) is 38.8 Å². The quantitative estimate of drug-likeness (QED) is 0.857. The SMILES string of the molecule is CCN(C(=O)C1CC(C)C1)c1ccc(N2CCOCC2)cc1. The predicted octanol–water partition coefficient (Wildman–Crippen LogP) is 2.92. The molecule has 0 spiro atoms. The van der Waals surface area contributed by atoms with Crippen molar-refractivity contribution in [3.05, 3.63) is 24.3 Å². The Balaban J connectivity index is 1.68. The summed E-state index contributed by atoms with van der Waals surface area (Å²) in [6, 6.07) is 8.41. The number of hydrogen-bond donors (Lipinski definition) is 0. The Morgan fingerprint density at radius 1 is 1.23 bits per heavy atom. The van der Waals surface area contributed by atoms with Gasteiger partial charge in [0, 0.05) is 36.9 Å². The monoisotopic (exact) mass is 302 g/mol. The molecule has 1 aliphatic heterocycles. The molecule has 22 heavy (non-hydrogen) atoms. The lowest BCUT2D eigenvalue weighted by Crippen LogP contribution is -2.41. The number of benzene rings is 1. The number of anilines is 2. The molecule has 0 radical (unpaired) electrons. The highest BCUT2D eigenvalue weighted by molar-refractivity contribution is 5.95. The maximum atomic E-state index is 12.6. The number of carbonyl (C=O) groups excluding carboxylic acids is 1. The lowest BCUT2D eigenvalue weighted by atomic mass is 9.75. The van der Waals surface area contributed by atoms with Crippen LogP contribution >= 0.6 is 0 Å². The molecule has 4 nitrogen and oxygen atoms in total. The average Bonchev–Trinajstić information content (AvgIpc) is 2.54. The zero-order valence-corrected chi connectivity index (χ0v) is 13.6. The van der Waals surface area contributed by atoms with Crippen LogP contribution in [0.3, 0.4) is 0 Å². The number of nitrogens with zero attached hydrogens (tertiary/aromatic N) is 2. The van der Waals surface area contributed by atoms with Crippen molar-refractivity contribution in [3.8, 4) is 0 Å². The Hall–Kier alpha value is -1.55. The van der Waals surface area contributed by atoms with E-state index in [1.54, 1.807) is 0 Å². The first kappa shape index (κ1) is 15.3. The topological polar surface area (TPSA) is 32.8 Å². The van der Waals surface area contributed by atoms with E-state index < -0.39 is 0 Å². The molecule has 0 aromatic heterocycles. The van der Waals surface area contributed by atoms with Crippen LogP contribution in [-0.2, 0) is 9.53 Å². The molecule has 1 amide bonds. The fraction of sp³-hybridized carbons (Fsp3) is 0.611. The molecule has 1 aliphatic carbocycles. The van der Waals surface area contributed by atoms with E-state index in [0.717, 1.165) is 51.4 Å². The van der Waals surface area contributed by atoms with Gasteiger partial charge in [0.05, 0.1) is 13.2 Å². The largest absolute Gasteiger partial charge is 0.378 e. The van der Waals surface area contributed by atoms with Crippen molar-refractivity contribution >= 4 is 17.3 Å². The van der Waals surface area contributed by atoms with Gasteiger partial charge in [0.25, 0.3) is 0 Å². The minimum absolute atomic E-state index is 0.230. The van der Waals surface area contributed by atoms with Crippen LogP contribution < -0.4 is 9.80 Å². The molecule has 1 heterocycles. The summed E-state index contributed by atoms with van der Waals surface area (Å²) in [6.07, 6.45) is 2.09. The molecular formula is C18H26N2O2. The normalized spacial score (nSPS) is 24.7. The molecule has 2 aliphatic rings. The van der Waals surface area contributed by atoms with Crippen LogP contribution in [0.2, 0.25) is 0 Å². The minimum Gasteiger partial charge on any atom is -0.378 e. The number of rotatable bonds is 4. The van der Waals surface area contributed by atoms with Gasteiger partial charge in [0.1, 0.15) is 0 Å². The van der Waals surface area contributed by atoms with Crippen molar-refractivity contribution < 1.29 is 9.53 Å². The third kappa shape index (κ3) is 3.12. The Morgan fingerprint density at radius 3 is 2.41 bits per heavy atom. The molecule has 2 fully saturated rings. The van der Waals surface area contributed by atoms with Gasteiger partial charge < -0.3 is 14.5 Å². The lowest BCUT2D eigenvalue weighted by molar-refractivity contribution is -0.126. The van der Waals surface area contributed by atoms with E-state index in [4.69, 9.17) is 4.74 Å². The zero-order chi connectivity index (χ0) is 15.5. The summed E-state index contributed by atoms with van der Waals surface area (Å²) < 4.78 is 5.39. The van der Waals surface area contributed by atoms with Crippen molar-refractivity contribution in [2.24, 2.45) is 11.8 Å². The van der Waals surface area contributed by atoms with Crippen molar-refractivity contribution in [3.63, 3.8) is 0 Å². The molecule has 4 heteroatoms. The van der Waals surface area contributed by atoms with Gasteiger partial charge in [-0.15, -0.1) is 0 Å². The first-order chi connectivity index (χ1) is 10.7. The summed E-state index contributed by atoms with van der Waals surface area (Å²) >= 11 is 0. The highest BCUT2D eigenvalue weighted by atomic mass is 16.5. The van der Waals surface area contributed by atoms with Crippen molar-refractivity contribution in [1.29, 1.82) is 0 Å². The summed E-state index contributed by atoms with van der Waals surface area (Å²) in [6.45, 7) is 8.47. The molecule has 3 rings (SSSR count). The second kappa shape index (κ2) is 6.69. The highest BCUT2D eigenvalue weighted by Crippen LogP contribution is 2.35. The number of morpholine rings is 1. The zero-order valence-electron chi connectivity index (χ0n) is 13.6. The van der Waals surface area contributed by atoms with E-state index in [-0.39, 0.29) is 5.92 Å². The summed E-state index contributed by atoms with van der Waals surface area (Å²) in [7, 11) is 0. The van der Waals surface area contributed by atoms with E-state index in [0.29, 0.717) is 11.8 Å². The minimum atomic E-state index is 0.230. The first-order valence-corrected chi connectivity index (χ1v) is 8.43. The lowest BCUT2D eigenvalue weighted by Gasteiger charge is -2.35. The second-order valence-electron chi connectivity index (χ2n) is 6.47. The molecule has 0 bridgehead atoms. The van der Waals surface area contributed by atoms with Crippen LogP contribution in [0.1, 0.15) is 26.7 Å². The third-order valence-electron chi connectivity index (χ3n) is 4.84. The first-order valence-electron chi connectivity index (χ1n) is 8.43. The van der Waals surface area contributed by atoms with Crippen LogP contribution in [0, 0.1) is 11.8 Å². The Bertz CT molecular complexity index is 502. The molecule has 1 saturated carbocycles. The Labute approximate surface area is 133 Å². The second-order valence-corrected chi connectivity index (χ2v) is 6.47. The predicted molar refractivity (Wildman–Crippen MR) is 89.4 cm³/mol. The molecule has 120 valence electrons. The summed E-state index contributed by atoms with van der Waals surface area (Å²) in [5, 5.41) is 0. The van der Waals surface area contributed by atoms with Crippen LogP contribution in [0.4, 0.5) is 11.4 Å². The van der Waals surface area contributed by atoms with Gasteiger partial charge >= 0.3 is 0 Å². The standard InChI is InChI=1S/C18H26N2O2/c1-3-20(18(21)15-12-14(2)13-15)17-6-4-16(5-7-17)19-8-10-22-11-9-19/h4-7,14-15H,3,8-13H2,1-2H3. The molecule has 0 N–H and O–H groups in total. The van der Waals surface area contributed by atoms with Crippen molar-refractivity contribution in [2.45, 2.75) is 26.7 Å². The summed E-state index contributed by atoms with van der Waals surface area (Å²) in [5.74, 6) is 1.23. The number of hydrogen-bond acceptors (Lipinski definition) is 3. The average molecular weight is 302 g/mol. The smallest absolute Gasteiger partial charge is 0.230 e. The van der Waals surface area contributed by atoms with Gasteiger partial charge in [-0.05, 0) is 49.9 Å². The van der Waals surface area contributed by atoms with Crippen LogP contribution in [0.5, 0.6) is 0 Å². The Kier molecular flexibility index (Phi) is 4.67. The van der Waals surface area contributed by atoms with Gasteiger partial charge in [-0.25, -0.2) is 0 Å². The summed E-state index contributed by atoms with van der Waals surface area (Å²) in [4.78, 5) is 16.9. The molecule has 0 unspecified atom stereocenters. The molecule has 1 aromatic rings. The van der Waals surface area contributed by atoms with Gasteiger partial charge in [0.15, 0.2) is 0 Å². The fourth-order valence-corrected chi connectivity index (χ4v) is 3.45. The highest BCUT2D eigenvalue weighted by Gasteiger charge is 2.34.